The molecule has 0 fully saturated rings. The van der Waals surface area contributed by atoms with Crippen molar-refractivity contribution in [3.8, 4) is 11.3 Å². The number of carbonyl (C=O) groups excluding carboxylic acids is 1. The molecule has 0 saturated heterocycles. The van der Waals surface area contributed by atoms with Crippen molar-refractivity contribution in [3.05, 3.63) is 52.9 Å². The molecule has 1 heterocycles. The molecule has 1 aromatic heterocycles. The summed E-state index contributed by atoms with van der Waals surface area (Å²) in [6.45, 7) is 1.46. The van der Waals surface area contributed by atoms with E-state index in [9.17, 15) is 9.18 Å². The number of hydrogen-bond acceptors (Lipinski definition) is 2. The van der Waals surface area contributed by atoms with E-state index in [2.05, 4.69) is 4.98 Å². The monoisotopic (exact) mass is 249 g/mol. The number of Topliss-reactive ketones (excluding diaryl/α,β-unsaturated/α-hetero) is 1. The summed E-state index contributed by atoms with van der Waals surface area (Å²) in [6.07, 6.45) is 1.43. The highest BCUT2D eigenvalue weighted by Crippen LogP contribution is 2.26. The number of aromatic nitrogens is 1. The van der Waals surface area contributed by atoms with Gasteiger partial charge in [0.2, 0.25) is 0 Å². The predicted molar refractivity (Wildman–Crippen MR) is 64.6 cm³/mol. The maximum Gasteiger partial charge on any atom is 0.161 e. The Balaban J connectivity index is 2.47. The minimum Gasteiger partial charge on any atom is -0.294 e. The third-order valence-corrected chi connectivity index (χ3v) is 2.69. The van der Waals surface area contributed by atoms with Crippen molar-refractivity contribution >= 4 is 17.4 Å². The van der Waals surface area contributed by atoms with Gasteiger partial charge < -0.3 is 0 Å². The average molecular weight is 250 g/mol. The van der Waals surface area contributed by atoms with E-state index < -0.39 is 5.82 Å². The summed E-state index contributed by atoms with van der Waals surface area (Å²) in [5, 5.41) is 0.0555. The molecule has 2 rings (SSSR count). The van der Waals surface area contributed by atoms with E-state index in [0.717, 1.165) is 0 Å². The van der Waals surface area contributed by atoms with Gasteiger partial charge in [0.1, 0.15) is 0 Å². The Kier molecular flexibility index (Phi) is 3.20. The van der Waals surface area contributed by atoms with Crippen LogP contribution in [0.25, 0.3) is 11.3 Å². The Morgan fingerprint density at radius 2 is 2.06 bits per heavy atom. The van der Waals surface area contributed by atoms with Gasteiger partial charge in [-0.05, 0) is 31.2 Å². The van der Waals surface area contributed by atoms with Crippen LogP contribution >= 0.6 is 11.6 Å². The molecule has 1 aromatic carbocycles. The van der Waals surface area contributed by atoms with Crippen LogP contribution in [0, 0.1) is 5.82 Å². The highest BCUT2D eigenvalue weighted by atomic mass is 35.5. The van der Waals surface area contributed by atoms with Crippen LogP contribution in [0.3, 0.4) is 0 Å². The number of pyridine rings is 1. The highest BCUT2D eigenvalue weighted by molar-refractivity contribution is 6.31. The minimum absolute atomic E-state index is 0.0555. The highest BCUT2D eigenvalue weighted by Gasteiger charge is 2.09. The third kappa shape index (κ3) is 2.34. The number of halogens is 2. The molecular weight excluding hydrogens is 241 g/mol. The zero-order chi connectivity index (χ0) is 12.4. The summed E-state index contributed by atoms with van der Waals surface area (Å²) in [5.41, 5.74) is 1.28. The topological polar surface area (TPSA) is 30.0 Å². The molecule has 2 aromatic rings. The van der Waals surface area contributed by atoms with Crippen LogP contribution < -0.4 is 0 Å². The number of nitrogens with zero attached hydrogens (tertiary/aromatic N) is 1. The van der Waals surface area contributed by atoms with Crippen molar-refractivity contribution in [1.29, 1.82) is 0 Å². The Hall–Kier alpha value is -1.74. The lowest BCUT2D eigenvalue weighted by molar-refractivity contribution is 0.101. The van der Waals surface area contributed by atoms with E-state index in [-0.39, 0.29) is 10.8 Å². The Morgan fingerprint density at radius 1 is 1.29 bits per heavy atom. The molecule has 0 spiro atoms. The first-order chi connectivity index (χ1) is 8.09. The van der Waals surface area contributed by atoms with E-state index in [4.69, 9.17) is 11.6 Å². The summed E-state index contributed by atoms with van der Waals surface area (Å²) in [4.78, 5) is 15.1. The number of hydrogen-bond donors (Lipinski definition) is 0. The molecule has 0 unspecified atom stereocenters. The van der Waals surface area contributed by atoms with E-state index in [1.807, 2.05) is 0 Å². The van der Waals surface area contributed by atoms with Crippen LogP contribution in [0.2, 0.25) is 5.02 Å². The molecule has 86 valence electrons. The van der Waals surface area contributed by atoms with Crippen LogP contribution in [0.15, 0.2) is 36.5 Å². The fourth-order valence-corrected chi connectivity index (χ4v) is 1.64. The van der Waals surface area contributed by atoms with Crippen LogP contribution in [0.5, 0.6) is 0 Å². The minimum atomic E-state index is -0.503. The van der Waals surface area contributed by atoms with Gasteiger partial charge in [0.25, 0.3) is 0 Å². The maximum atomic E-state index is 13.7. The molecule has 2 nitrogen and oxygen atoms in total. The van der Waals surface area contributed by atoms with Gasteiger partial charge in [0, 0.05) is 17.3 Å². The second kappa shape index (κ2) is 4.63. The predicted octanol–water partition coefficient (Wildman–Crippen LogP) is 3.74. The van der Waals surface area contributed by atoms with Crippen molar-refractivity contribution in [2.24, 2.45) is 0 Å². The molecule has 0 aliphatic heterocycles. The largest absolute Gasteiger partial charge is 0.294 e. The second-order valence-electron chi connectivity index (χ2n) is 3.59. The van der Waals surface area contributed by atoms with Gasteiger partial charge in [-0.2, -0.15) is 0 Å². The summed E-state index contributed by atoms with van der Waals surface area (Å²) in [6, 6.07) is 7.94. The molecule has 4 heteroatoms. The number of ketones is 1. The van der Waals surface area contributed by atoms with Gasteiger partial charge in [-0.25, -0.2) is 4.39 Å². The van der Waals surface area contributed by atoms with Gasteiger partial charge in [-0.15, -0.1) is 0 Å². The van der Waals surface area contributed by atoms with Crippen molar-refractivity contribution in [2.75, 3.05) is 0 Å². The SMILES string of the molecule is CC(=O)c1ccc(-c2cccc(Cl)c2F)nc1. The zero-order valence-electron chi connectivity index (χ0n) is 9.08. The zero-order valence-corrected chi connectivity index (χ0v) is 9.83. The normalized spacial score (nSPS) is 10.3. The lowest BCUT2D eigenvalue weighted by atomic mass is 10.1. The molecule has 0 N–H and O–H groups in total. The first kappa shape index (κ1) is 11.7. The van der Waals surface area contributed by atoms with Crippen LogP contribution in [-0.4, -0.2) is 10.8 Å². The summed E-state index contributed by atoms with van der Waals surface area (Å²) in [5.74, 6) is -0.576. The van der Waals surface area contributed by atoms with Gasteiger partial charge in [0.05, 0.1) is 10.7 Å². The standard InChI is InChI=1S/C13H9ClFNO/c1-8(17)9-5-6-12(16-7-9)10-3-2-4-11(14)13(10)15/h2-7H,1H3. The Labute approximate surface area is 103 Å². The van der Waals surface area contributed by atoms with E-state index in [0.29, 0.717) is 16.8 Å². The van der Waals surface area contributed by atoms with Crippen LogP contribution in [-0.2, 0) is 0 Å². The van der Waals surface area contributed by atoms with Gasteiger partial charge >= 0.3 is 0 Å². The smallest absolute Gasteiger partial charge is 0.161 e. The molecule has 17 heavy (non-hydrogen) atoms. The summed E-state index contributed by atoms with van der Waals surface area (Å²) >= 11 is 5.69. The van der Waals surface area contributed by atoms with Crippen LogP contribution in [0.1, 0.15) is 17.3 Å². The molecular formula is C13H9ClFNO. The molecule has 0 amide bonds. The molecule has 0 aliphatic rings. The molecule has 0 aliphatic carbocycles. The van der Waals surface area contributed by atoms with Gasteiger partial charge in [-0.3, -0.25) is 9.78 Å². The Morgan fingerprint density at radius 3 is 2.65 bits per heavy atom. The Bertz CT molecular complexity index is 566. The fraction of sp³-hybridized carbons (Fsp3) is 0.0769. The first-order valence-corrected chi connectivity index (χ1v) is 5.39. The molecule has 0 atom stereocenters. The molecule has 0 bridgehead atoms. The summed E-state index contributed by atoms with van der Waals surface area (Å²) in [7, 11) is 0. The lowest BCUT2D eigenvalue weighted by Gasteiger charge is -2.04. The van der Waals surface area contributed by atoms with Crippen molar-refractivity contribution in [2.45, 2.75) is 6.92 Å². The van der Waals surface area contributed by atoms with Crippen molar-refractivity contribution < 1.29 is 9.18 Å². The number of benzene rings is 1. The van der Waals surface area contributed by atoms with Crippen molar-refractivity contribution in [1.82, 2.24) is 4.98 Å². The quantitative estimate of drug-likeness (QED) is 0.759. The summed E-state index contributed by atoms with van der Waals surface area (Å²) < 4.78 is 13.7. The number of rotatable bonds is 2. The maximum absolute atomic E-state index is 13.7. The first-order valence-electron chi connectivity index (χ1n) is 5.01. The van der Waals surface area contributed by atoms with Gasteiger partial charge in [0.15, 0.2) is 11.6 Å². The van der Waals surface area contributed by atoms with E-state index in [1.165, 1.54) is 19.2 Å². The van der Waals surface area contributed by atoms with Crippen molar-refractivity contribution in [3.63, 3.8) is 0 Å². The molecule has 0 saturated carbocycles. The molecule has 0 radical (unpaired) electrons. The van der Waals surface area contributed by atoms with Gasteiger partial charge in [-0.1, -0.05) is 17.7 Å². The third-order valence-electron chi connectivity index (χ3n) is 2.40. The lowest BCUT2D eigenvalue weighted by Crippen LogP contribution is -1.94. The fourth-order valence-electron chi connectivity index (χ4n) is 1.46. The van der Waals surface area contributed by atoms with E-state index >= 15 is 0 Å². The second-order valence-corrected chi connectivity index (χ2v) is 4.00. The average Bonchev–Trinajstić information content (AvgIpc) is 2.33. The van der Waals surface area contributed by atoms with E-state index in [1.54, 1.807) is 24.3 Å². The number of carbonyl (C=O) groups is 1. The van der Waals surface area contributed by atoms with Crippen LogP contribution in [0.4, 0.5) is 4.39 Å².